The smallest absolute Gasteiger partial charge is 0.251 e. The van der Waals surface area contributed by atoms with E-state index in [9.17, 15) is 4.79 Å². The van der Waals surface area contributed by atoms with Crippen LogP contribution in [0.1, 0.15) is 42.5 Å². The van der Waals surface area contributed by atoms with Gasteiger partial charge in [-0.05, 0) is 43.0 Å². The molecule has 0 aromatic heterocycles. The van der Waals surface area contributed by atoms with Crippen molar-refractivity contribution in [2.45, 2.75) is 32.1 Å². The van der Waals surface area contributed by atoms with Crippen LogP contribution in [0.2, 0.25) is 0 Å². The van der Waals surface area contributed by atoms with Gasteiger partial charge in [-0.2, -0.15) is 0 Å². The Balaban J connectivity index is 1.82. The van der Waals surface area contributed by atoms with Gasteiger partial charge in [0.05, 0.1) is 0 Å². The summed E-state index contributed by atoms with van der Waals surface area (Å²) in [7, 11) is 0. The lowest BCUT2D eigenvalue weighted by atomic mass is 9.89. The van der Waals surface area contributed by atoms with E-state index in [2.05, 4.69) is 5.32 Å². The topological polar surface area (TPSA) is 55.1 Å². The van der Waals surface area contributed by atoms with Gasteiger partial charge in [-0.3, -0.25) is 4.79 Å². The highest BCUT2D eigenvalue weighted by molar-refractivity contribution is 5.94. The summed E-state index contributed by atoms with van der Waals surface area (Å²) in [5.41, 5.74) is 6.96. The van der Waals surface area contributed by atoms with E-state index >= 15 is 0 Å². The molecule has 0 unspecified atom stereocenters. The molecular formula is C14H20N2O. The van der Waals surface area contributed by atoms with Gasteiger partial charge < -0.3 is 11.1 Å². The predicted octanol–water partition coefficient (Wildman–Crippen LogP) is 2.58. The zero-order valence-corrected chi connectivity index (χ0v) is 10.1. The third kappa shape index (κ3) is 3.48. The minimum atomic E-state index is 0.00979. The number of benzene rings is 1. The Hall–Kier alpha value is -1.51. The second-order valence-corrected chi connectivity index (χ2v) is 4.84. The maximum atomic E-state index is 11.8. The molecule has 3 N–H and O–H groups in total. The molecule has 0 radical (unpaired) electrons. The average Bonchev–Trinajstić information content (AvgIpc) is 2.38. The molecule has 17 heavy (non-hydrogen) atoms. The molecule has 3 heteroatoms. The summed E-state index contributed by atoms with van der Waals surface area (Å²) >= 11 is 0. The third-order valence-corrected chi connectivity index (χ3v) is 3.45. The molecule has 0 atom stereocenters. The fraction of sp³-hybridized carbons (Fsp3) is 0.500. The molecule has 1 aromatic carbocycles. The Kier molecular flexibility index (Phi) is 4.02. The highest BCUT2D eigenvalue weighted by Crippen LogP contribution is 2.22. The number of amides is 1. The maximum absolute atomic E-state index is 11.8. The van der Waals surface area contributed by atoms with Crippen molar-refractivity contribution in [3.63, 3.8) is 0 Å². The third-order valence-electron chi connectivity index (χ3n) is 3.45. The van der Waals surface area contributed by atoms with Crippen LogP contribution in [0, 0.1) is 5.92 Å². The number of anilines is 1. The second kappa shape index (κ2) is 5.71. The van der Waals surface area contributed by atoms with Crippen LogP contribution in [0.4, 0.5) is 5.69 Å². The largest absolute Gasteiger partial charge is 0.399 e. The normalized spacial score (nSPS) is 16.7. The highest BCUT2D eigenvalue weighted by Gasteiger charge is 2.14. The average molecular weight is 232 g/mol. The van der Waals surface area contributed by atoms with Gasteiger partial charge >= 0.3 is 0 Å². The minimum absolute atomic E-state index is 0.00979. The molecular weight excluding hydrogens is 212 g/mol. The van der Waals surface area contributed by atoms with Gasteiger partial charge in [0.25, 0.3) is 5.91 Å². The first kappa shape index (κ1) is 12.0. The van der Waals surface area contributed by atoms with E-state index in [1.165, 1.54) is 32.1 Å². The Morgan fingerprint density at radius 1 is 1.18 bits per heavy atom. The zero-order chi connectivity index (χ0) is 12.1. The molecule has 3 nitrogen and oxygen atoms in total. The molecule has 0 aliphatic heterocycles. The fourth-order valence-electron chi connectivity index (χ4n) is 2.36. The first-order valence-electron chi connectivity index (χ1n) is 6.39. The highest BCUT2D eigenvalue weighted by atomic mass is 16.1. The van der Waals surface area contributed by atoms with Gasteiger partial charge in [-0.1, -0.05) is 19.3 Å². The minimum Gasteiger partial charge on any atom is -0.399 e. The van der Waals surface area contributed by atoms with Crippen molar-refractivity contribution < 1.29 is 4.79 Å². The number of nitrogens with two attached hydrogens (primary N) is 1. The summed E-state index contributed by atoms with van der Waals surface area (Å²) in [6.07, 6.45) is 6.47. The van der Waals surface area contributed by atoms with Crippen LogP contribution >= 0.6 is 0 Å². The van der Waals surface area contributed by atoms with Crippen molar-refractivity contribution in [1.82, 2.24) is 5.32 Å². The molecule has 1 aliphatic rings. The summed E-state index contributed by atoms with van der Waals surface area (Å²) in [5, 5.41) is 3.01. The summed E-state index contributed by atoms with van der Waals surface area (Å²) in [5.74, 6) is 0.678. The molecule has 0 spiro atoms. The van der Waals surface area contributed by atoms with Crippen molar-refractivity contribution in [2.75, 3.05) is 12.3 Å². The SMILES string of the molecule is Nc1ccc(C(=O)NCC2CCCCC2)cc1. The second-order valence-electron chi connectivity index (χ2n) is 4.84. The molecule has 1 amide bonds. The van der Waals surface area contributed by atoms with Gasteiger partial charge in [-0.15, -0.1) is 0 Å². The molecule has 2 rings (SSSR count). The van der Waals surface area contributed by atoms with Crippen molar-refractivity contribution >= 4 is 11.6 Å². The maximum Gasteiger partial charge on any atom is 0.251 e. The van der Waals surface area contributed by atoms with E-state index in [4.69, 9.17) is 5.73 Å². The summed E-state index contributed by atoms with van der Waals surface area (Å²) in [4.78, 5) is 11.8. The quantitative estimate of drug-likeness (QED) is 0.787. The lowest BCUT2D eigenvalue weighted by Crippen LogP contribution is -2.30. The van der Waals surface area contributed by atoms with Gasteiger partial charge in [-0.25, -0.2) is 0 Å². The predicted molar refractivity (Wildman–Crippen MR) is 69.8 cm³/mol. The van der Waals surface area contributed by atoms with E-state index in [0.29, 0.717) is 17.2 Å². The number of hydrogen-bond donors (Lipinski definition) is 2. The van der Waals surface area contributed by atoms with Gasteiger partial charge in [0.1, 0.15) is 0 Å². The van der Waals surface area contributed by atoms with Crippen LogP contribution in [0.3, 0.4) is 0 Å². The Bertz CT molecular complexity index is 366. The Morgan fingerprint density at radius 2 is 1.82 bits per heavy atom. The Morgan fingerprint density at radius 3 is 2.47 bits per heavy atom. The number of nitrogens with one attached hydrogen (secondary N) is 1. The number of carbonyl (C=O) groups excluding carboxylic acids is 1. The monoisotopic (exact) mass is 232 g/mol. The van der Waals surface area contributed by atoms with Crippen LogP contribution in [0.15, 0.2) is 24.3 Å². The van der Waals surface area contributed by atoms with E-state index in [1.807, 2.05) is 0 Å². The number of hydrogen-bond acceptors (Lipinski definition) is 2. The van der Waals surface area contributed by atoms with Crippen LogP contribution in [-0.4, -0.2) is 12.5 Å². The lowest BCUT2D eigenvalue weighted by Gasteiger charge is -2.21. The number of carbonyl (C=O) groups is 1. The van der Waals surface area contributed by atoms with Gasteiger partial charge in [0.15, 0.2) is 0 Å². The molecule has 1 fully saturated rings. The van der Waals surface area contributed by atoms with Crippen LogP contribution in [0.25, 0.3) is 0 Å². The standard InChI is InChI=1S/C14H20N2O/c15-13-8-6-12(7-9-13)14(17)16-10-11-4-2-1-3-5-11/h6-9,11H,1-5,10,15H2,(H,16,17). The number of rotatable bonds is 3. The van der Waals surface area contributed by atoms with Gasteiger partial charge in [0.2, 0.25) is 0 Å². The molecule has 0 bridgehead atoms. The van der Waals surface area contributed by atoms with Crippen LogP contribution in [0.5, 0.6) is 0 Å². The zero-order valence-electron chi connectivity index (χ0n) is 10.1. The lowest BCUT2D eigenvalue weighted by molar-refractivity contribution is 0.0943. The van der Waals surface area contributed by atoms with Crippen molar-refractivity contribution in [3.05, 3.63) is 29.8 Å². The molecule has 1 saturated carbocycles. The summed E-state index contributed by atoms with van der Waals surface area (Å²) in [6.45, 7) is 0.809. The van der Waals surface area contributed by atoms with E-state index < -0.39 is 0 Å². The molecule has 0 heterocycles. The Labute approximate surface area is 102 Å². The van der Waals surface area contributed by atoms with E-state index in [1.54, 1.807) is 24.3 Å². The van der Waals surface area contributed by atoms with Gasteiger partial charge in [0, 0.05) is 17.8 Å². The first-order valence-corrected chi connectivity index (χ1v) is 6.39. The molecule has 1 aliphatic carbocycles. The van der Waals surface area contributed by atoms with Crippen LogP contribution < -0.4 is 11.1 Å². The van der Waals surface area contributed by atoms with E-state index in [-0.39, 0.29) is 5.91 Å². The summed E-state index contributed by atoms with van der Waals surface area (Å²) in [6, 6.07) is 7.06. The van der Waals surface area contributed by atoms with Crippen LogP contribution in [-0.2, 0) is 0 Å². The number of nitrogen functional groups attached to an aromatic ring is 1. The van der Waals surface area contributed by atoms with E-state index in [0.717, 1.165) is 6.54 Å². The van der Waals surface area contributed by atoms with Crippen molar-refractivity contribution in [2.24, 2.45) is 5.92 Å². The molecule has 0 saturated heterocycles. The fourth-order valence-corrected chi connectivity index (χ4v) is 2.36. The molecule has 1 aromatic rings. The first-order chi connectivity index (χ1) is 8.25. The van der Waals surface area contributed by atoms with Crippen molar-refractivity contribution in [3.8, 4) is 0 Å². The van der Waals surface area contributed by atoms with Crippen molar-refractivity contribution in [1.29, 1.82) is 0 Å². The molecule has 92 valence electrons. The summed E-state index contributed by atoms with van der Waals surface area (Å²) < 4.78 is 0.